The number of hydrogen-bond donors (Lipinski definition) is 1. The molecule has 1 N–H and O–H groups in total. The van der Waals surface area contributed by atoms with E-state index in [1.807, 2.05) is 0 Å². The molecule has 5 aliphatic rings. The maximum atomic E-state index is 13.1. The van der Waals surface area contributed by atoms with Crippen LogP contribution < -0.4 is 5.32 Å². The van der Waals surface area contributed by atoms with Gasteiger partial charge in [0.05, 0.1) is 24.1 Å². The SMILES string of the molecule is O=C1[C@@H]2[C@H]3C=C[C@@H]([C@@H]4C[C@H]34)[C@H]2C(=O)N1CNc1ccccc1C(F)(F)F. The summed E-state index contributed by atoms with van der Waals surface area (Å²) in [7, 11) is 0. The second kappa shape index (κ2) is 5.11. The fourth-order valence-corrected chi connectivity index (χ4v) is 5.22. The van der Waals surface area contributed by atoms with Crippen molar-refractivity contribution in [1.29, 1.82) is 0 Å². The van der Waals surface area contributed by atoms with E-state index in [1.165, 1.54) is 18.2 Å². The minimum atomic E-state index is -4.50. The Bertz CT molecular complexity index is 798. The molecular formula is C19H17F3N2O2. The topological polar surface area (TPSA) is 49.4 Å². The van der Waals surface area contributed by atoms with Crippen molar-refractivity contribution in [1.82, 2.24) is 4.90 Å². The van der Waals surface area contributed by atoms with Crippen LogP contribution in [0, 0.1) is 35.5 Å². The van der Waals surface area contributed by atoms with E-state index in [2.05, 4.69) is 17.5 Å². The lowest BCUT2D eigenvalue weighted by atomic mass is 9.63. The molecule has 4 nitrogen and oxygen atoms in total. The molecule has 1 aliphatic heterocycles. The number of imide groups is 1. The largest absolute Gasteiger partial charge is 0.418 e. The van der Waals surface area contributed by atoms with Crippen LogP contribution >= 0.6 is 0 Å². The van der Waals surface area contributed by atoms with Crippen molar-refractivity contribution in [2.75, 3.05) is 12.0 Å². The molecule has 1 saturated heterocycles. The average Bonchev–Trinajstić information content (AvgIpc) is 3.38. The monoisotopic (exact) mass is 362 g/mol. The number of amides is 2. The van der Waals surface area contributed by atoms with Crippen LogP contribution in [0.5, 0.6) is 0 Å². The van der Waals surface area contributed by atoms with Crippen molar-refractivity contribution in [3.05, 3.63) is 42.0 Å². The Morgan fingerprint density at radius 3 is 2.15 bits per heavy atom. The number of nitrogens with zero attached hydrogens (tertiary/aromatic N) is 1. The fraction of sp³-hybridized carbons (Fsp3) is 0.474. The van der Waals surface area contributed by atoms with Crippen molar-refractivity contribution >= 4 is 17.5 Å². The van der Waals surface area contributed by atoms with Crippen molar-refractivity contribution in [3.8, 4) is 0 Å². The zero-order valence-electron chi connectivity index (χ0n) is 13.7. The Morgan fingerprint density at radius 1 is 1.00 bits per heavy atom. The Hall–Kier alpha value is -2.31. The maximum Gasteiger partial charge on any atom is 0.418 e. The van der Waals surface area contributed by atoms with E-state index in [9.17, 15) is 22.8 Å². The minimum Gasteiger partial charge on any atom is -0.367 e. The summed E-state index contributed by atoms with van der Waals surface area (Å²) in [6.07, 6.45) is 0.718. The van der Waals surface area contributed by atoms with Gasteiger partial charge in [-0.1, -0.05) is 24.3 Å². The number of carbonyl (C=O) groups excluding carboxylic acids is 2. The molecule has 0 aromatic heterocycles. The number of benzene rings is 1. The van der Waals surface area contributed by atoms with Crippen LogP contribution in [0.2, 0.25) is 0 Å². The molecule has 2 bridgehead atoms. The van der Waals surface area contributed by atoms with Crippen molar-refractivity contribution in [2.24, 2.45) is 35.5 Å². The predicted octanol–water partition coefficient (Wildman–Crippen LogP) is 3.13. The van der Waals surface area contributed by atoms with Gasteiger partial charge in [-0.05, 0) is 42.2 Å². The van der Waals surface area contributed by atoms with Gasteiger partial charge in [0, 0.05) is 5.69 Å². The van der Waals surface area contributed by atoms with Gasteiger partial charge in [0.2, 0.25) is 11.8 Å². The number of likely N-dealkylation sites (tertiary alicyclic amines) is 1. The molecule has 0 radical (unpaired) electrons. The van der Waals surface area contributed by atoms with E-state index in [0.29, 0.717) is 11.8 Å². The molecule has 1 heterocycles. The third-order valence-electron chi connectivity index (χ3n) is 6.41. The maximum absolute atomic E-state index is 13.1. The van der Waals surface area contributed by atoms with Gasteiger partial charge < -0.3 is 5.32 Å². The Morgan fingerprint density at radius 2 is 1.58 bits per heavy atom. The number of anilines is 1. The fourth-order valence-electron chi connectivity index (χ4n) is 5.22. The molecule has 0 spiro atoms. The molecule has 6 rings (SSSR count). The summed E-state index contributed by atoms with van der Waals surface area (Å²) in [5.41, 5.74) is -0.932. The average molecular weight is 362 g/mol. The lowest BCUT2D eigenvalue weighted by Gasteiger charge is -2.37. The highest BCUT2D eigenvalue weighted by Gasteiger charge is 2.66. The second-order valence-corrected chi connectivity index (χ2v) is 7.64. The Balaban J connectivity index is 1.37. The van der Waals surface area contributed by atoms with Crippen LogP contribution in [-0.2, 0) is 15.8 Å². The molecule has 2 saturated carbocycles. The Labute approximate surface area is 148 Å². The lowest BCUT2D eigenvalue weighted by Crippen LogP contribution is -2.40. The van der Waals surface area contributed by atoms with E-state index in [-0.39, 0.29) is 47.8 Å². The summed E-state index contributed by atoms with van der Waals surface area (Å²) < 4.78 is 39.3. The number of rotatable bonds is 3. The highest BCUT2D eigenvalue weighted by Crippen LogP contribution is 2.65. The smallest absolute Gasteiger partial charge is 0.367 e. The first-order valence-corrected chi connectivity index (χ1v) is 8.81. The van der Waals surface area contributed by atoms with Gasteiger partial charge in [-0.3, -0.25) is 14.5 Å². The van der Waals surface area contributed by atoms with Gasteiger partial charge in [-0.2, -0.15) is 13.2 Å². The van der Waals surface area contributed by atoms with Gasteiger partial charge in [0.15, 0.2) is 0 Å². The van der Waals surface area contributed by atoms with E-state index in [0.717, 1.165) is 17.4 Å². The summed E-state index contributed by atoms with van der Waals surface area (Å²) in [4.78, 5) is 26.7. The molecule has 2 amide bonds. The molecular weight excluding hydrogens is 345 g/mol. The van der Waals surface area contributed by atoms with E-state index < -0.39 is 11.7 Å². The molecule has 3 fully saturated rings. The van der Waals surface area contributed by atoms with Crippen molar-refractivity contribution in [3.63, 3.8) is 0 Å². The number of carbonyl (C=O) groups is 2. The van der Waals surface area contributed by atoms with Crippen LogP contribution in [0.3, 0.4) is 0 Å². The summed E-state index contributed by atoms with van der Waals surface area (Å²) in [6.45, 7) is -0.230. The highest BCUT2D eigenvalue weighted by molar-refractivity contribution is 6.06. The first-order chi connectivity index (χ1) is 12.4. The van der Waals surface area contributed by atoms with Gasteiger partial charge in [0.25, 0.3) is 0 Å². The summed E-state index contributed by atoms with van der Waals surface area (Å²) in [5.74, 6) is 0.0618. The number of halogens is 3. The van der Waals surface area contributed by atoms with Crippen LogP contribution in [0.1, 0.15) is 12.0 Å². The molecule has 1 aromatic carbocycles. The number of nitrogens with one attached hydrogen (secondary N) is 1. The summed E-state index contributed by atoms with van der Waals surface area (Å²) in [5, 5.41) is 2.65. The van der Waals surface area contributed by atoms with Crippen LogP contribution in [0.15, 0.2) is 36.4 Å². The minimum absolute atomic E-state index is 0.110. The van der Waals surface area contributed by atoms with Gasteiger partial charge in [-0.25, -0.2) is 0 Å². The molecule has 6 atom stereocenters. The molecule has 0 unspecified atom stereocenters. The third kappa shape index (κ3) is 2.09. The molecule has 1 aromatic rings. The van der Waals surface area contributed by atoms with E-state index in [4.69, 9.17) is 0 Å². The second-order valence-electron chi connectivity index (χ2n) is 7.64. The van der Waals surface area contributed by atoms with Crippen LogP contribution in [-0.4, -0.2) is 23.4 Å². The summed E-state index contributed by atoms with van der Waals surface area (Å²) >= 11 is 0. The van der Waals surface area contributed by atoms with E-state index in [1.54, 1.807) is 0 Å². The number of alkyl halides is 3. The van der Waals surface area contributed by atoms with Crippen molar-refractivity contribution < 1.29 is 22.8 Å². The Kier molecular flexibility index (Phi) is 3.13. The zero-order valence-corrected chi connectivity index (χ0v) is 13.7. The summed E-state index contributed by atoms with van der Waals surface area (Å²) in [6, 6.07) is 5.09. The van der Waals surface area contributed by atoms with Crippen LogP contribution in [0.4, 0.5) is 18.9 Å². The predicted molar refractivity (Wildman–Crippen MR) is 86.5 cm³/mol. The zero-order chi connectivity index (χ0) is 18.2. The van der Waals surface area contributed by atoms with Gasteiger partial charge in [0.1, 0.15) is 0 Å². The number of allylic oxidation sites excluding steroid dienone is 2. The lowest BCUT2D eigenvalue weighted by molar-refractivity contribution is -0.139. The quantitative estimate of drug-likeness (QED) is 0.664. The van der Waals surface area contributed by atoms with Gasteiger partial charge in [-0.15, -0.1) is 0 Å². The van der Waals surface area contributed by atoms with E-state index >= 15 is 0 Å². The molecule has 4 aliphatic carbocycles. The molecule has 26 heavy (non-hydrogen) atoms. The standard InChI is InChI=1S/C19H17F3N2O2/c20-19(21,22)13-3-1-2-4-14(13)23-8-24-17(25)15-9-5-6-10(12-7-11(9)12)16(15)18(24)26/h1-6,9-12,15-16,23H,7-8H2/t9-,10-,11-,12+,15+,16+/m0/s1. The van der Waals surface area contributed by atoms with Crippen molar-refractivity contribution in [2.45, 2.75) is 12.6 Å². The van der Waals surface area contributed by atoms with Gasteiger partial charge >= 0.3 is 6.18 Å². The first kappa shape index (κ1) is 15.9. The normalized spacial score (nSPS) is 37.0. The van der Waals surface area contributed by atoms with Crippen LogP contribution in [0.25, 0.3) is 0 Å². The first-order valence-electron chi connectivity index (χ1n) is 8.81. The molecule has 7 heteroatoms. The molecule has 136 valence electrons. The number of hydrogen-bond acceptors (Lipinski definition) is 3. The number of para-hydroxylation sites is 1. The highest BCUT2D eigenvalue weighted by atomic mass is 19.4. The third-order valence-corrected chi connectivity index (χ3v) is 6.41.